The summed E-state index contributed by atoms with van der Waals surface area (Å²) in [7, 11) is 0. The number of halogens is 1. The maximum atomic E-state index is 9.93. The molecule has 0 bridgehead atoms. The Morgan fingerprint density at radius 3 is 2.88 bits per heavy atom. The van der Waals surface area contributed by atoms with Gasteiger partial charge in [0.25, 0.3) is 0 Å². The Morgan fingerprint density at radius 1 is 1.41 bits per heavy atom. The fourth-order valence-corrected chi connectivity index (χ4v) is 2.50. The van der Waals surface area contributed by atoms with Gasteiger partial charge in [-0.15, -0.1) is 11.3 Å². The second kappa shape index (κ2) is 5.49. The molecule has 0 saturated heterocycles. The quantitative estimate of drug-likeness (QED) is 0.895. The zero-order valence-corrected chi connectivity index (χ0v) is 10.9. The first kappa shape index (κ1) is 12.4. The van der Waals surface area contributed by atoms with Gasteiger partial charge < -0.3 is 10.4 Å². The fraction of sp³-hybridized carbons (Fsp3) is 0.250. The predicted octanol–water partition coefficient (Wildman–Crippen LogP) is 3.25. The molecule has 1 atom stereocenters. The molecule has 0 aliphatic heterocycles. The van der Waals surface area contributed by atoms with E-state index in [1.807, 2.05) is 31.2 Å². The molecule has 0 unspecified atom stereocenters. The molecule has 5 heteroatoms. The van der Waals surface area contributed by atoms with Crippen molar-refractivity contribution >= 4 is 28.8 Å². The summed E-state index contributed by atoms with van der Waals surface area (Å²) in [6.07, 6.45) is -0.560. The summed E-state index contributed by atoms with van der Waals surface area (Å²) in [4.78, 5) is 5.16. The highest BCUT2D eigenvalue weighted by molar-refractivity contribution is 7.16. The van der Waals surface area contributed by atoms with Crippen LogP contribution < -0.4 is 5.32 Å². The zero-order valence-electron chi connectivity index (χ0n) is 9.35. The maximum absolute atomic E-state index is 9.93. The van der Waals surface area contributed by atoms with Gasteiger partial charge in [0, 0.05) is 17.1 Å². The number of nitrogens with one attached hydrogen (secondary N) is 1. The number of aryl methyl sites for hydroxylation is 1. The Hall–Kier alpha value is -1.10. The third kappa shape index (κ3) is 3.43. The molecule has 0 spiro atoms. The molecule has 2 aromatic rings. The van der Waals surface area contributed by atoms with E-state index in [0.29, 0.717) is 10.9 Å². The number of hydrogen-bond donors (Lipinski definition) is 2. The molecule has 0 saturated carbocycles. The van der Waals surface area contributed by atoms with Crippen molar-refractivity contribution in [3.63, 3.8) is 0 Å². The molecule has 2 heterocycles. The third-order valence-electron chi connectivity index (χ3n) is 2.29. The summed E-state index contributed by atoms with van der Waals surface area (Å²) >= 11 is 7.21. The Bertz CT molecular complexity index is 501. The Morgan fingerprint density at radius 2 is 2.24 bits per heavy atom. The van der Waals surface area contributed by atoms with Crippen molar-refractivity contribution in [3.05, 3.63) is 45.2 Å². The van der Waals surface area contributed by atoms with Crippen molar-refractivity contribution < 1.29 is 5.11 Å². The summed E-state index contributed by atoms with van der Waals surface area (Å²) in [6, 6.07) is 9.36. The fourth-order valence-electron chi connectivity index (χ4n) is 1.45. The number of aliphatic hydroxyl groups excluding tert-OH is 1. The number of nitrogens with zero attached hydrogens (tertiary/aromatic N) is 1. The minimum atomic E-state index is -0.560. The molecule has 0 fully saturated rings. The smallest absolute Gasteiger partial charge is 0.126 e. The average Bonchev–Trinajstić information content (AvgIpc) is 2.73. The standard InChI is InChI=1S/C12H13ClN2OS/c1-8-3-2-4-12(15-8)14-7-9(16)10-5-6-11(13)17-10/h2-6,9,16H,7H2,1H3,(H,14,15)/t9-/m0/s1. The highest BCUT2D eigenvalue weighted by Gasteiger charge is 2.10. The minimum absolute atomic E-state index is 0.424. The molecule has 0 aliphatic rings. The number of anilines is 1. The second-order valence-electron chi connectivity index (χ2n) is 3.70. The number of aliphatic hydroxyl groups is 1. The molecule has 0 aromatic carbocycles. The van der Waals surface area contributed by atoms with E-state index in [4.69, 9.17) is 11.6 Å². The van der Waals surface area contributed by atoms with Gasteiger partial charge in [-0.3, -0.25) is 0 Å². The lowest BCUT2D eigenvalue weighted by molar-refractivity contribution is 0.195. The van der Waals surface area contributed by atoms with Crippen LogP contribution in [0.15, 0.2) is 30.3 Å². The van der Waals surface area contributed by atoms with Crippen molar-refractivity contribution in [3.8, 4) is 0 Å². The van der Waals surface area contributed by atoms with Crippen molar-refractivity contribution in [2.24, 2.45) is 0 Å². The van der Waals surface area contributed by atoms with Crippen LogP contribution in [-0.2, 0) is 0 Å². The van der Waals surface area contributed by atoms with Gasteiger partial charge in [-0.2, -0.15) is 0 Å². The topological polar surface area (TPSA) is 45.1 Å². The van der Waals surface area contributed by atoms with Gasteiger partial charge in [0.2, 0.25) is 0 Å². The first-order valence-corrected chi connectivity index (χ1v) is 6.45. The van der Waals surface area contributed by atoms with Gasteiger partial charge in [0.1, 0.15) is 11.9 Å². The van der Waals surface area contributed by atoms with Crippen LogP contribution in [0.4, 0.5) is 5.82 Å². The molecular formula is C12H13ClN2OS. The van der Waals surface area contributed by atoms with Crippen LogP contribution in [0.25, 0.3) is 0 Å². The molecule has 3 nitrogen and oxygen atoms in total. The van der Waals surface area contributed by atoms with E-state index < -0.39 is 6.10 Å². The number of thiophene rings is 1. The number of aromatic nitrogens is 1. The van der Waals surface area contributed by atoms with Gasteiger partial charge in [-0.05, 0) is 31.2 Å². The molecule has 90 valence electrons. The third-order valence-corrected chi connectivity index (χ3v) is 3.62. The van der Waals surface area contributed by atoms with E-state index in [2.05, 4.69) is 10.3 Å². The zero-order chi connectivity index (χ0) is 12.3. The second-order valence-corrected chi connectivity index (χ2v) is 5.45. The molecule has 2 N–H and O–H groups in total. The summed E-state index contributed by atoms with van der Waals surface area (Å²) in [6.45, 7) is 2.36. The van der Waals surface area contributed by atoms with Crippen LogP contribution in [0, 0.1) is 6.92 Å². The van der Waals surface area contributed by atoms with E-state index in [1.165, 1.54) is 11.3 Å². The lowest BCUT2D eigenvalue weighted by Crippen LogP contribution is -2.12. The molecule has 2 aromatic heterocycles. The molecule has 0 radical (unpaired) electrons. The van der Waals surface area contributed by atoms with Crippen molar-refractivity contribution in [1.29, 1.82) is 0 Å². The van der Waals surface area contributed by atoms with Crippen molar-refractivity contribution in [1.82, 2.24) is 4.98 Å². The summed E-state index contributed by atoms with van der Waals surface area (Å²) in [5.41, 5.74) is 0.948. The van der Waals surface area contributed by atoms with Crippen LogP contribution in [0.3, 0.4) is 0 Å². The molecule has 2 rings (SSSR count). The number of pyridine rings is 1. The lowest BCUT2D eigenvalue weighted by Gasteiger charge is -2.10. The average molecular weight is 269 g/mol. The SMILES string of the molecule is Cc1cccc(NC[C@H](O)c2ccc(Cl)s2)n1. The van der Waals surface area contributed by atoms with Gasteiger partial charge in [0.15, 0.2) is 0 Å². The molecule has 17 heavy (non-hydrogen) atoms. The Balaban J connectivity index is 1.94. The lowest BCUT2D eigenvalue weighted by atomic mass is 10.3. The predicted molar refractivity (Wildman–Crippen MR) is 71.8 cm³/mol. The Kier molecular flexibility index (Phi) is 3.99. The van der Waals surface area contributed by atoms with E-state index in [9.17, 15) is 5.11 Å². The summed E-state index contributed by atoms with van der Waals surface area (Å²) in [5, 5.41) is 13.0. The minimum Gasteiger partial charge on any atom is -0.386 e. The Labute approximate surface area is 109 Å². The largest absolute Gasteiger partial charge is 0.386 e. The number of hydrogen-bond acceptors (Lipinski definition) is 4. The molecular weight excluding hydrogens is 256 g/mol. The van der Waals surface area contributed by atoms with E-state index >= 15 is 0 Å². The van der Waals surface area contributed by atoms with E-state index in [-0.39, 0.29) is 0 Å². The summed E-state index contributed by atoms with van der Waals surface area (Å²) in [5.74, 6) is 0.770. The van der Waals surface area contributed by atoms with Crippen LogP contribution >= 0.6 is 22.9 Å². The first-order valence-electron chi connectivity index (χ1n) is 5.26. The molecule has 0 amide bonds. The monoisotopic (exact) mass is 268 g/mol. The van der Waals surface area contributed by atoms with E-state index in [0.717, 1.165) is 16.4 Å². The van der Waals surface area contributed by atoms with E-state index in [1.54, 1.807) is 6.07 Å². The number of rotatable bonds is 4. The highest BCUT2D eigenvalue weighted by Crippen LogP contribution is 2.26. The van der Waals surface area contributed by atoms with Crippen LogP contribution in [0.1, 0.15) is 16.7 Å². The van der Waals surface area contributed by atoms with Crippen LogP contribution in [-0.4, -0.2) is 16.6 Å². The van der Waals surface area contributed by atoms with Gasteiger partial charge >= 0.3 is 0 Å². The highest BCUT2D eigenvalue weighted by atomic mass is 35.5. The van der Waals surface area contributed by atoms with Crippen LogP contribution in [0.5, 0.6) is 0 Å². The maximum Gasteiger partial charge on any atom is 0.126 e. The van der Waals surface area contributed by atoms with Gasteiger partial charge in [0.05, 0.1) is 4.34 Å². The normalized spacial score (nSPS) is 12.4. The molecule has 0 aliphatic carbocycles. The van der Waals surface area contributed by atoms with Crippen molar-refractivity contribution in [2.45, 2.75) is 13.0 Å². The van der Waals surface area contributed by atoms with Gasteiger partial charge in [-0.1, -0.05) is 17.7 Å². The van der Waals surface area contributed by atoms with Crippen molar-refractivity contribution in [2.75, 3.05) is 11.9 Å². The van der Waals surface area contributed by atoms with Crippen LogP contribution in [0.2, 0.25) is 4.34 Å². The first-order chi connectivity index (χ1) is 8.15. The summed E-state index contributed by atoms with van der Waals surface area (Å²) < 4.78 is 0.688. The van der Waals surface area contributed by atoms with Gasteiger partial charge in [-0.25, -0.2) is 4.98 Å².